The van der Waals surface area contributed by atoms with Gasteiger partial charge in [-0.15, -0.1) is 10.2 Å². The van der Waals surface area contributed by atoms with Gasteiger partial charge in [0.15, 0.2) is 11.6 Å². The summed E-state index contributed by atoms with van der Waals surface area (Å²) in [5.41, 5.74) is 1.25. The summed E-state index contributed by atoms with van der Waals surface area (Å²) in [6.45, 7) is 3.74. The summed E-state index contributed by atoms with van der Waals surface area (Å²) in [4.78, 5) is 23.3. The van der Waals surface area contributed by atoms with Gasteiger partial charge in [0, 0.05) is 25.9 Å². The van der Waals surface area contributed by atoms with Gasteiger partial charge in [0.25, 0.3) is 5.91 Å². The van der Waals surface area contributed by atoms with E-state index in [2.05, 4.69) is 25.1 Å². The van der Waals surface area contributed by atoms with Crippen molar-refractivity contribution in [1.82, 2.24) is 14.9 Å². The van der Waals surface area contributed by atoms with E-state index in [1.807, 2.05) is 12.1 Å². The number of amides is 1. The molecule has 2 aromatic rings. The predicted molar refractivity (Wildman–Crippen MR) is 87.5 cm³/mol. The Morgan fingerprint density at radius 1 is 1.08 bits per heavy atom. The summed E-state index contributed by atoms with van der Waals surface area (Å²) in [6, 6.07) is 5.44. The van der Waals surface area contributed by atoms with Crippen molar-refractivity contribution in [2.45, 2.75) is 25.2 Å². The van der Waals surface area contributed by atoms with Gasteiger partial charge >= 0.3 is 0 Å². The molecule has 128 valence electrons. The fraction of sp³-hybridized carbons (Fsp3) is 0.471. The lowest BCUT2D eigenvalue weighted by Gasteiger charge is -2.37. The normalized spacial score (nSPS) is 22.2. The standard InChI is InChI=1S/C17H17N5O3/c23-16-11-2-1-3-12-14(11)15(20-21-16)19-13(18-12)10-22-6-4-17(5-7-22)24-8-9-25-17/h1-3H,4-10H2. The van der Waals surface area contributed by atoms with Crippen molar-refractivity contribution in [3.63, 3.8) is 0 Å². The first-order valence-corrected chi connectivity index (χ1v) is 8.48. The van der Waals surface area contributed by atoms with Gasteiger partial charge in [-0.25, -0.2) is 9.97 Å². The Morgan fingerprint density at radius 3 is 2.68 bits per heavy atom. The van der Waals surface area contributed by atoms with Crippen LogP contribution in [-0.2, 0) is 16.0 Å². The highest BCUT2D eigenvalue weighted by atomic mass is 16.7. The first-order chi connectivity index (χ1) is 12.2. The Kier molecular flexibility index (Phi) is 3.37. The van der Waals surface area contributed by atoms with E-state index in [9.17, 15) is 4.79 Å². The zero-order valence-corrected chi connectivity index (χ0v) is 13.6. The largest absolute Gasteiger partial charge is 0.347 e. The molecule has 0 radical (unpaired) electrons. The molecule has 0 atom stereocenters. The number of likely N-dealkylation sites (tertiary alicyclic amines) is 1. The molecule has 2 fully saturated rings. The Labute approximate surface area is 143 Å². The van der Waals surface area contributed by atoms with Crippen LogP contribution in [0.1, 0.15) is 29.0 Å². The molecule has 1 spiro atoms. The van der Waals surface area contributed by atoms with Crippen LogP contribution in [0.5, 0.6) is 0 Å². The van der Waals surface area contributed by atoms with E-state index in [-0.39, 0.29) is 11.7 Å². The highest BCUT2D eigenvalue weighted by Crippen LogP contribution is 2.33. The number of rotatable bonds is 2. The molecule has 8 heteroatoms. The number of azo groups is 1. The van der Waals surface area contributed by atoms with Gasteiger partial charge in [-0.3, -0.25) is 9.69 Å². The molecule has 0 N–H and O–H groups in total. The average molecular weight is 339 g/mol. The monoisotopic (exact) mass is 339 g/mol. The zero-order chi connectivity index (χ0) is 16.9. The number of nitrogens with zero attached hydrogens (tertiary/aromatic N) is 5. The van der Waals surface area contributed by atoms with E-state index in [0.717, 1.165) is 31.4 Å². The maximum atomic E-state index is 11.8. The number of carbonyl (C=O) groups is 1. The van der Waals surface area contributed by atoms with Gasteiger partial charge in [0.1, 0.15) is 5.82 Å². The van der Waals surface area contributed by atoms with Gasteiger partial charge in [-0.1, -0.05) is 6.07 Å². The maximum Gasteiger partial charge on any atom is 0.296 e. The molecule has 25 heavy (non-hydrogen) atoms. The molecule has 3 aliphatic heterocycles. The minimum atomic E-state index is -0.379. The molecule has 8 nitrogen and oxygen atoms in total. The molecule has 1 aromatic carbocycles. The van der Waals surface area contributed by atoms with Crippen molar-refractivity contribution in [3.8, 4) is 0 Å². The minimum absolute atomic E-state index is 0.340. The van der Waals surface area contributed by atoms with Crippen molar-refractivity contribution in [2.24, 2.45) is 10.2 Å². The predicted octanol–water partition coefficient (Wildman–Crippen LogP) is 2.21. The number of carbonyl (C=O) groups excluding carboxylic acids is 1. The van der Waals surface area contributed by atoms with Gasteiger partial charge in [0.2, 0.25) is 0 Å². The van der Waals surface area contributed by atoms with Gasteiger partial charge < -0.3 is 9.47 Å². The van der Waals surface area contributed by atoms with Crippen molar-refractivity contribution < 1.29 is 14.3 Å². The number of hydrogen-bond acceptors (Lipinski definition) is 7. The lowest BCUT2D eigenvalue weighted by atomic mass is 10.0. The Hall–Kier alpha value is -2.29. The van der Waals surface area contributed by atoms with E-state index in [1.54, 1.807) is 6.07 Å². The molecule has 5 rings (SSSR count). The molecule has 0 unspecified atom stereocenters. The van der Waals surface area contributed by atoms with Crippen LogP contribution >= 0.6 is 0 Å². The Bertz CT molecular complexity index is 881. The third-order valence-electron chi connectivity index (χ3n) is 5.01. The van der Waals surface area contributed by atoms with Gasteiger partial charge in [-0.05, 0) is 12.1 Å². The second kappa shape index (κ2) is 5.62. The topological polar surface area (TPSA) is 89.3 Å². The molecular formula is C17H17N5O3. The van der Waals surface area contributed by atoms with Crippen molar-refractivity contribution in [2.75, 3.05) is 26.3 Å². The van der Waals surface area contributed by atoms with Crippen LogP contribution in [0.2, 0.25) is 0 Å². The summed E-state index contributed by atoms with van der Waals surface area (Å²) in [7, 11) is 0. The summed E-state index contributed by atoms with van der Waals surface area (Å²) in [5.74, 6) is 0.451. The summed E-state index contributed by atoms with van der Waals surface area (Å²) in [5, 5.41) is 8.34. The van der Waals surface area contributed by atoms with Crippen LogP contribution < -0.4 is 0 Å². The summed E-state index contributed by atoms with van der Waals surface area (Å²) in [6.07, 6.45) is 1.71. The fourth-order valence-corrected chi connectivity index (χ4v) is 3.72. The van der Waals surface area contributed by atoms with Crippen LogP contribution in [0.4, 0.5) is 5.82 Å². The molecule has 3 aliphatic rings. The molecule has 0 saturated carbocycles. The number of hydrogen-bond donors (Lipinski definition) is 0. The van der Waals surface area contributed by atoms with E-state index in [1.165, 1.54) is 0 Å². The molecule has 0 aliphatic carbocycles. The lowest BCUT2D eigenvalue weighted by Crippen LogP contribution is -2.44. The van der Waals surface area contributed by atoms with Crippen LogP contribution in [0.3, 0.4) is 0 Å². The quantitative estimate of drug-likeness (QED) is 0.833. The highest BCUT2D eigenvalue weighted by Gasteiger charge is 2.39. The van der Waals surface area contributed by atoms with E-state index >= 15 is 0 Å². The minimum Gasteiger partial charge on any atom is -0.347 e. The molecule has 0 bridgehead atoms. The van der Waals surface area contributed by atoms with Crippen LogP contribution in [0.15, 0.2) is 28.4 Å². The highest BCUT2D eigenvalue weighted by molar-refractivity contribution is 6.11. The average Bonchev–Trinajstić information content (AvgIpc) is 3.08. The summed E-state index contributed by atoms with van der Waals surface area (Å²) < 4.78 is 11.5. The van der Waals surface area contributed by atoms with E-state index in [0.29, 0.717) is 42.4 Å². The number of benzene rings is 1. The third-order valence-corrected chi connectivity index (χ3v) is 5.01. The number of piperidine rings is 1. The van der Waals surface area contributed by atoms with Crippen LogP contribution in [-0.4, -0.2) is 52.9 Å². The van der Waals surface area contributed by atoms with Gasteiger partial charge in [0.05, 0.1) is 36.2 Å². The number of aromatic nitrogens is 2. The second-order valence-corrected chi connectivity index (χ2v) is 6.55. The third kappa shape index (κ3) is 2.53. The molecule has 4 heterocycles. The zero-order valence-electron chi connectivity index (χ0n) is 13.6. The van der Waals surface area contributed by atoms with Crippen molar-refractivity contribution in [1.29, 1.82) is 0 Å². The SMILES string of the molecule is O=C1N=Nc2nc(CN3CCC4(CC3)OCCO4)nc3cccc1c23. The summed E-state index contributed by atoms with van der Waals surface area (Å²) >= 11 is 0. The van der Waals surface area contributed by atoms with Gasteiger partial charge in [-0.2, -0.15) is 0 Å². The molecular weight excluding hydrogens is 322 g/mol. The van der Waals surface area contributed by atoms with Crippen LogP contribution in [0, 0.1) is 0 Å². The smallest absolute Gasteiger partial charge is 0.296 e. The molecule has 2 saturated heterocycles. The number of ether oxygens (including phenoxy) is 2. The first-order valence-electron chi connectivity index (χ1n) is 8.48. The van der Waals surface area contributed by atoms with E-state index < -0.39 is 0 Å². The van der Waals surface area contributed by atoms with Crippen molar-refractivity contribution >= 4 is 22.6 Å². The molecule has 1 amide bonds. The van der Waals surface area contributed by atoms with E-state index in [4.69, 9.17) is 9.47 Å². The van der Waals surface area contributed by atoms with Crippen molar-refractivity contribution in [3.05, 3.63) is 29.6 Å². The van der Waals surface area contributed by atoms with Crippen LogP contribution in [0.25, 0.3) is 10.9 Å². The Morgan fingerprint density at radius 2 is 1.88 bits per heavy atom. The fourth-order valence-electron chi connectivity index (χ4n) is 3.72. The first kappa shape index (κ1) is 15.0. The maximum absolute atomic E-state index is 11.8. The molecule has 1 aromatic heterocycles. The Balaban J connectivity index is 1.40. The second-order valence-electron chi connectivity index (χ2n) is 6.55. The lowest BCUT2D eigenvalue weighted by molar-refractivity contribution is -0.185.